The molecule has 0 saturated carbocycles. The molecule has 0 spiro atoms. The second-order valence-corrected chi connectivity index (χ2v) is 6.45. The molecule has 5 nitrogen and oxygen atoms in total. The minimum atomic E-state index is -2.29. The Labute approximate surface area is 146 Å². The fourth-order valence-electron chi connectivity index (χ4n) is 2.74. The van der Waals surface area contributed by atoms with Gasteiger partial charge in [-0.05, 0) is 35.7 Å². The number of cyclic esters (lactones) is 1. The number of nitrogens with one attached hydrogen (secondary N) is 1. The Morgan fingerprint density at radius 2 is 1.88 bits per heavy atom. The molecule has 3 rings (SSSR count). The van der Waals surface area contributed by atoms with Gasteiger partial charge in [0.25, 0.3) is 0 Å². The van der Waals surface area contributed by atoms with Gasteiger partial charge in [-0.3, -0.25) is 0 Å². The standard InChI is InChI=1S/C18H15FNO4S/c1-10-3-8-13(17(16(10)19)25(20)22)14-9-24-18(21)15(14)11-4-6-12(23-2)7-5-11/h3-8,20H,9H2,1-2H3/q-1. The summed E-state index contributed by atoms with van der Waals surface area (Å²) in [5, 5.41) is 0. The van der Waals surface area contributed by atoms with E-state index in [2.05, 4.69) is 0 Å². The van der Waals surface area contributed by atoms with Crippen LogP contribution in [0.3, 0.4) is 0 Å². The van der Waals surface area contributed by atoms with Crippen LogP contribution in [0, 0.1) is 17.5 Å². The van der Waals surface area contributed by atoms with Crippen molar-refractivity contribution in [3.63, 3.8) is 0 Å². The number of esters is 1. The van der Waals surface area contributed by atoms with Crippen molar-refractivity contribution in [1.82, 2.24) is 0 Å². The minimum Gasteiger partial charge on any atom is -0.497 e. The molecule has 130 valence electrons. The average Bonchev–Trinajstić information content (AvgIpc) is 2.98. The van der Waals surface area contributed by atoms with Crippen LogP contribution in [0.1, 0.15) is 16.7 Å². The van der Waals surface area contributed by atoms with Crippen molar-refractivity contribution in [2.45, 2.75) is 11.8 Å². The molecule has 0 fully saturated rings. The molecular formula is C18H15FNO4S-. The van der Waals surface area contributed by atoms with Gasteiger partial charge in [-0.1, -0.05) is 29.2 Å². The molecule has 1 aliphatic rings. The van der Waals surface area contributed by atoms with E-state index < -0.39 is 22.4 Å². The van der Waals surface area contributed by atoms with Gasteiger partial charge in [-0.25, -0.2) is 9.18 Å². The van der Waals surface area contributed by atoms with Crippen molar-refractivity contribution >= 4 is 27.7 Å². The first-order chi connectivity index (χ1) is 11.9. The molecule has 0 aromatic heterocycles. The summed E-state index contributed by atoms with van der Waals surface area (Å²) in [7, 11) is -0.756. The molecule has 1 aliphatic heterocycles. The highest BCUT2D eigenvalue weighted by atomic mass is 32.2. The van der Waals surface area contributed by atoms with Gasteiger partial charge in [0.2, 0.25) is 0 Å². The van der Waals surface area contributed by atoms with Gasteiger partial charge in [-0.2, -0.15) is 10.6 Å². The van der Waals surface area contributed by atoms with Crippen molar-refractivity contribution in [3.05, 3.63) is 58.9 Å². The van der Waals surface area contributed by atoms with Crippen LogP contribution in [0.2, 0.25) is 0 Å². The topological polar surface area (TPSA) is 76.4 Å². The molecule has 25 heavy (non-hydrogen) atoms. The summed E-state index contributed by atoms with van der Waals surface area (Å²) >= 11 is 0. The zero-order valence-electron chi connectivity index (χ0n) is 13.6. The predicted octanol–water partition coefficient (Wildman–Crippen LogP) is 3.70. The maximum Gasteiger partial charge on any atom is 0.339 e. The van der Waals surface area contributed by atoms with Crippen LogP contribution in [-0.4, -0.2) is 19.7 Å². The Kier molecular flexibility index (Phi) is 4.59. The number of halogens is 1. The smallest absolute Gasteiger partial charge is 0.339 e. The second-order valence-electron chi connectivity index (χ2n) is 5.50. The zero-order chi connectivity index (χ0) is 18.1. The molecule has 0 radical (unpaired) electrons. The number of benzene rings is 2. The number of rotatable bonds is 4. The van der Waals surface area contributed by atoms with E-state index in [1.165, 1.54) is 20.1 Å². The number of carbonyl (C=O) groups excluding carboxylic acids is 1. The van der Waals surface area contributed by atoms with Gasteiger partial charge in [0, 0.05) is 5.57 Å². The van der Waals surface area contributed by atoms with Gasteiger partial charge in [0.15, 0.2) is 0 Å². The van der Waals surface area contributed by atoms with Crippen molar-refractivity contribution in [2.24, 2.45) is 0 Å². The fourth-order valence-corrected chi connectivity index (χ4v) is 3.46. The van der Waals surface area contributed by atoms with Crippen LogP contribution in [0.15, 0.2) is 41.3 Å². The van der Waals surface area contributed by atoms with E-state index in [9.17, 15) is 13.4 Å². The molecule has 2 aromatic rings. The van der Waals surface area contributed by atoms with E-state index in [-0.39, 0.29) is 28.2 Å². The molecular weight excluding hydrogens is 345 g/mol. The Hall–Kier alpha value is -2.67. The first-order valence-electron chi connectivity index (χ1n) is 7.41. The summed E-state index contributed by atoms with van der Waals surface area (Å²) in [6.07, 6.45) is 0. The summed E-state index contributed by atoms with van der Waals surface area (Å²) in [4.78, 5) is 12.0. The van der Waals surface area contributed by atoms with Gasteiger partial charge in [0.05, 0.1) is 12.7 Å². The highest BCUT2D eigenvalue weighted by Crippen LogP contribution is 2.36. The van der Waals surface area contributed by atoms with E-state index in [0.29, 0.717) is 16.9 Å². The first kappa shape index (κ1) is 17.2. The summed E-state index contributed by atoms with van der Waals surface area (Å²) in [5.74, 6) is -0.610. The quantitative estimate of drug-likeness (QED) is 0.666. The van der Waals surface area contributed by atoms with Crippen LogP contribution >= 0.6 is 0 Å². The highest BCUT2D eigenvalue weighted by molar-refractivity contribution is 7.73. The van der Waals surface area contributed by atoms with Gasteiger partial charge in [0.1, 0.15) is 18.2 Å². The summed E-state index contributed by atoms with van der Waals surface area (Å²) < 4.78 is 43.9. The second kappa shape index (κ2) is 6.68. The van der Waals surface area contributed by atoms with Crippen molar-refractivity contribution < 1.29 is 22.9 Å². The number of carbonyl (C=O) groups is 1. The maximum absolute atomic E-state index is 14.4. The van der Waals surface area contributed by atoms with Crippen LogP contribution in [0.4, 0.5) is 4.39 Å². The molecule has 0 atom stereocenters. The van der Waals surface area contributed by atoms with Gasteiger partial charge in [-0.15, -0.1) is 0 Å². The summed E-state index contributed by atoms with van der Waals surface area (Å²) in [5.41, 5.74) is 1.83. The Balaban J connectivity index is 2.25. The van der Waals surface area contributed by atoms with E-state index in [1.54, 1.807) is 30.3 Å². The molecule has 0 saturated heterocycles. The number of hydrogen-bond acceptors (Lipinski definition) is 6. The Morgan fingerprint density at radius 3 is 2.48 bits per heavy atom. The summed E-state index contributed by atoms with van der Waals surface area (Å²) in [6.45, 7) is 1.47. The zero-order valence-corrected chi connectivity index (χ0v) is 14.4. The van der Waals surface area contributed by atoms with Gasteiger partial charge < -0.3 is 18.5 Å². The first-order valence-corrected chi connectivity index (χ1v) is 8.56. The monoisotopic (exact) mass is 360 g/mol. The van der Waals surface area contributed by atoms with Crippen LogP contribution in [0.25, 0.3) is 11.1 Å². The van der Waals surface area contributed by atoms with Crippen LogP contribution in [0.5, 0.6) is 5.75 Å². The lowest BCUT2D eigenvalue weighted by molar-refractivity contribution is -0.133. The van der Waals surface area contributed by atoms with E-state index >= 15 is 0 Å². The molecule has 1 N–H and O–H groups in total. The van der Waals surface area contributed by atoms with Crippen molar-refractivity contribution in [1.29, 1.82) is 4.78 Å². The third-order valence-corrected chi connectivity index (χ3v) is 4.80. The molecule has 7 heteroatoms. The molecule has 0 bridgehead atoms. The fraction of sp³-hybridized carbons (Fsp3) is 0.167. The molecule has 2 aromatic carbocycles. The lowest BCUT2D eigenvalue weighted by atomic mass is 9.96. The molecule has 1 heterocycles. The summed E-state index contributed by atoms with van der Waals surface area (Å²) in [6, 6.07) is 9.89. The molecule has 0 unspecified atom stereocenters. The third kappa shape index (κ3) is 3.02. The van der Waals surface area contributed by atoms with Crippen molar-refractivity contribution in [2.75, 3.05) is 13.7 Å². The number of methoxy groups -OCH3 is 1. The SMILES string of the molecule is COc1ccc(C2=C(c3ccc(C)c(F)c3[S-](=N)=O)COC2=O)cc1. The lowest BCUT2D eigenvalue weighted by Crippen LogP contribution is -2.00. The molecule has 0 aliphatic carbocycles. The Bertz CT molecular complexity index is 954. The number of ether oxygens (including phenoxy) is 2. The van der Waals surface area contributed by atoms with Crippen LogP contribution in [-0.2, 0) is 24.3 Å². The largest absolute Gasteiger partial charge is 0.497 e. The average molecular weight is 360 g/mol. The highest BCUT2D eigenvalue weighted by Gasteiger charge is 2.28. The number of aryl methyl sites for hydroxylation is 1. The maximum atomic E-state index is 14.4. The molecule has 0 amide bonds. The predicted molar refractivity (Wildman–Crippen MR) is 90.9 cm³/mol. The normalized spacial score (nSPS) is 14.2. The minimum absolute atomic E-state index is 0.0626. The lowest BCUT2D eigenvalue weighted by Gasteiger charge is -2.15. The van der Waals surface area contributed by atoms with Crippen molar-refractivity contribution in [3.8, 4) is 5.75 Å². The Morgan fingerprint density at radius 1 is 1.20 bits per heavy atom. The van der Waals surface area contributed by atoms with E-state index in [4.69, 9.17) is 14.3 Å². The van der Waals surface area contributed by atoms with E-state index in [0.717, 1.165) is 0 Å². The van der Waals surface area contributed by atoms with E-state index in [1.807, 2.05) is 0 Å². The van der Waals surface area contributed by atoms with Gasteiger partial charge >= 0.3 is 5.97 Å². The third-order valence-electron chi connectivity index (χ3n) is 4.03. The van der Waals surface area contributed by atoms with Crippen LogP contribution < -0.4 is 4.74 Å². The number of hydrogen-bond donors (Lipinski definition) is 1.